The van der Waals surface area contributed by atoms with Crippen molar-refractivity contribution in [1.82, 2.24) is 9.88 Å². The van der Waals surface area contributed by atoms with Crippen LogP contribution in [0.4, 0.5) is 0 Å². The number of rotatable bonds is 8. The Morgan fingerprint density at radius 3 is 2.38 bits per heavy atom. The first-order valence-electron chi connectivity index (χ1n) is 5.06. The number of nitrogens with zero attached hydrogens (tertiary/aromatic N) is 2. The molecule has 1 aromatic rings. The van der Waals surface area contributed by atoms with E-state index in [1.54, 1.807) is 14.2 Å². The average molecular weight is 265 g/mol. The zero-order chi connectivity index (χ0) is 11.8. The molecule has 0 bridgehead atoms. The van der Waals surface area contributed by atoms with Crippen LogP contribution in [0.2, 0.25) is 4.47 Å². The quantitative estimate of drug-likeness (QED) is 0.718. The van der Waals surface area contributed by atoms with Crippen LogP contribution < -0.4 is 0 Å². The zero-order valence-corrected chi connectivity index (χ0v) is 11.2. The molecule has 0 atom stereocenters. The van der Waals surface area contributed by atoms with Gasteiger partial charge >= 0.3 is 0 Å². The molecule has 1 rings (SSSR count). The summed E-state index contributed by atoms with van der Waals surface area (Å²) in [7, 11) is 3.41. The van der Waals surface area contributed by atoms with Gasteiger partial charge in [-0.2, -0.15) is 0 Å². The van der Waals surface area contributed by atoms with Gasteiger partial charge in [0.2, 0.25) is 0 Å². The van der Waals surface area contributed by atoms with Crippen molar-refractivity contribution < 1.29 is 9.47 Å². The topological polar surface area (TPSA) is 34.6 Å². The Morgan fingerprint density at radius 2 is 1.94 bits per heavy atom. The molecule has 0 aliphatic rings. The molecule has 0 N–H and O–H groups in total. The smallest absolute Gasteiger partial charge is 0.183 e. The maximum absolute atomic E-state index is 5.79. The Hall–Kier alpha value is -0.200. The van der Waals surface area contributed by atoms with Gasteiger partial charge in [0.05, 0.1) is 13.2 Å². The van der Waals surface area contributed by atoms with E-state index in [1.807, 2.05) is 6.20 Å². The number of hydrogen-bond acceptors (Lipinski definition) is 5. The van der Waals surface area contributed by atoms with Crippen LogP contribution in [0.5, 0.6) is 0 Å². The van der Waals surface area contributed by atoms with E-state index in [-0.39, 0.29) is 0 Å². The molecule has 0 aliphatic heterocycles. The molecule has 1 heterocycles. The minimum atomic E-state index is 0.591. The van der Waals surface area contributed by atoms with E-state index in [2.05, 4.69) is 9.88 Å². The van der Waals surface area contributed by atoms with Gasteiger partial charge in [0, 0.05) is 44.9 Å². The van der Waals surface area contributed by atoms with Crippen LogP contribution in [-0.2, 0) is 16.0 Å². The van der Waals surface area contributed by atoms with Crippen molar-refractivity contribution in [1.29, 1.82) is 0 Å². The number of ether oxygens (including phenoxy) is 2. The van der Waals surface area contributed by atoms with Crippen molar-refractivity contribution >= 4 is 22.9 Å². The highest BCUT2D eigenvalue weighted by atomic mass is 35.5. The molecule has 1 aromatic heterocycles. The summed E-state index contributed by atoms with van der Waals surface area (Å²) < 4.78 is 10.7. The van der Waals surface area contributed by atoms with Gasteiger partial charge in [0.1, 0.15) is 0 Å². The molecule has 0 radical (unpaired) electrons. The summed E-state index contributed by atoms with van der Waals surface area (Å²) in [6.07, 6.45) is 1.82. The van der Waals surface area contributed by atoms with E-state index in [0.717, 1.165) is 37.7 Å². The average Bonchev–Trinajstić information content (AvgIpc) is 2.68. The molecule has 4 nitrogen and oxygen atoms in total. The summed E-state index contributed by atoms with van der Waals surface area (Å²) in [5.74, 6) is 0. The molecular weight excluding hydrogens is 248 g/mol. The van der Waals surface area contributed by atoms with Crippen molar-refractivity contribution in [3.05, 3.63) is 15.5 Å². The lowest BCUT2D eigenvalue weighted by atomic mass is 10.4. The van der Waals surface area contributed by atoms with Crippen LogP contribution in [-0.4, -0.2) is 50.4 Å². The van der Waals surface area contributed by atoms with Crippen LogP contribution in [0, 0.1) is 0 Å². The fraction of sp³-hybridized carbons (Fsp3) is 0.700. The van der Waals surface area contributed by atoms with Crippen molar-refractivity contribution in [3.63, 3.8) is 0 Å². The van der Waals surface area contributed by atoms with Crippen LogP contribution >= 0.6 is 22.9 Å². The maximum atomic E-state index is 5.79. The molecule has 0 fully saturated rings. The molecule has 0 spiro atoms. The highest BCUT2D eigenvalue weighted by Crippen LogP contribution is 2.19. The third kappa shape index (κ3) is 5.23. The SMILES string of the molecule is COCCN(CCOC)Cc1cnc(Cl)s1. The van der Waals surface area contributed by atoms with Crippen LogP contribution in [0.15, 0.2) is 6.20 Å². The Kier molecular flexibility index (Phi) is 6.91. The van der Waals surface area contributed by atoms with Gasteiger partial charge < -0.3 is 9.47 Å². The van der Waals surface area contributed by atoms with Gasteiger partial charge in [-0.1, -0.05) is 11.6 Å². The second-order valence-corrected chi connectivity index (χ2v) is 5.04. The van der Waals surface area contributed by atoms with E-state index in [4.69, 9.17) is 21.1 Å². The number of hydrogen-bond donors (Lipinski definition) is 0. The minimum Gasteiger partial charge on any atom is -0.383 e. The molecule has 0 saturated heterocycles. The Bertz CT molecular complexity index is 288. The van der Waals surface area contributed by atoms with Crippen molar-refractivity contribution in [3.8, 4) is 0 Å². The number of halogens is 1. The first kappa shape index (κ1) is 13.9. The molecule has 92 valence electrons. The molecule has 6 heteroatoms. The predicted molar refractivity (Wildman–Crippen MR) is 66.2 cm³/mol. The number of thiazole rings is 1. The fourth-order valence-electron chi connectivity index (χ4n) is 1.29. The number of methoxy groups -OCH3 is 2. The molecule has 16 heavy (non-hydrogen) atoms. The lowest BCUT2D eigenvalue weighted by Crippen LogP contribution is -2.29. The highest BCUT2D eigenvalue weighted by molar-refractivity contribution is 7.15. The lowest BCUT2D eigenvalue weighted by Gasteiger charge is -2.20. The molecule has 0 aliphatic carbocycles. The van der Waals surface area contributed by atoms with E-state index < -0.39 is 0 Å². The molecule has 0 saturated carbocycles. The van der Waals surface area contributed by atoms with Crippen molar-refractivity contribution in [2.24, 2.45) is 0 Å². The largest absolute Gasteiger partial charge is 0.383 e. The third-order valence-electron chi connectivity index (χ3n) is 2.13. The molecule has 0 unspecified atom stereocenters. The zero-order valence-electron chi connectivity index (χ0n) is 9.61. The molecule has 0 amide bonds. The maximum Gasteiger partial charge on any atom is 0.183 e. The normalized spacial score (nSPS) is 11.2. The van der Waals surface area contributed by atoms with E-state index >= 15 is 0 Å². The monoisotopic (exact) mass is 264 g/mol. The summed E-state index contributed by atoms with van der Waals surface area (Å²) in [4.78, 5) is 7.45. The van der Waals surface area contributed by atoms with Crippen molar-refractivity contribution in [2.45, 2.75) is 6.54 Å². The van der Waals surface area contributed by atoms with Gasteiger partial charge in [0.15, 0.2) is 4.47 Å². The summed E-state index contributed by atoms with van der Waals surface area (Å²) >= 11 is 7.31. The molecule has 0 aromatic carbocycles. The fourth-order valence-corrected chi connectivity index (χ4v) is 2.31. The first-order valence-corrected chi connectivity index (χ1v) is 6.26. The van der Waals surface area contributed by atoms with E-state index in [9.17, 15) is 0 Å². The summed E-state index contributed by atoms with van der Waals surface area (Å²) in [6.45, 7) is 4.05. The summed E-state index contributed by atoms with van der Waals surface area (Å²) in [5, 5.41) is 0. The minimum absolute atomic E-state index is 0.591. The van der Waals surface area contributed by atoms with Crippen LogP contribution in [0.25, 0.3) is 0 Å². The van der Waals surface area contributed by atoms with Crippen molar-refractivity contribution in [2.75, 3.05) is 40.5 Å². The Morgan fingerprint density at radius 1 is 1.31 bits per heavy atom. The molecular formula is C10H17ClN2O2S. The standard InChI is InChI=1S/C10H17ClN2O2S/c1-14-5-3-13(4-6-15-2)8-9-7-12-10(11)16-9/h7H,3-6,8H2,1-2H3. The van der Waals surface area contributed by atoms with Gasteiger partial charge in [-0.15, -0.1) is 11.3 Å². The Balaban J connectivity index is 2.41. The Labute approximate surface area is 105 Å². The van der Waals surface area contributed by atoms with Gasteiger partial charge in [0.25, 0.3) is 0 Å². The predicted octanol–water partition coefficient (Wildman–Crippen LogP) is 1.89. The van der Waals surface area contributed by atoms with Crippen LogP contribution in [0.1, 0.15) is 4.88 Å². The summed E-state index contributed by atoms with van der Waals surface area (Å²) in [5.41, 5.74) is 0. The second kappa shape index (κ2) is 7.97. The lowest BCUT2D eigenvalue weighted by molar-refractivity contribution is 0.111. The number of aromatic nitrogens is 1. The summed E-state index contributed by atoms with van der Waals surface area (Å²) in [6, 6.07) is 0. The van der Waals surface area contributed by atoms with Gasteiger partial charge in [-0.3, -0.25) is 4.90 Å². The highest BCUT2D eigenvalue weighted by Gasteiger charge is 2.08. The van der Waals surface area contributed by atoms with Crippen LogP contribution in [0.3, 0.4) is 0 Å². The van der Waals surface area contributed by atoms with E-state index in [0.29, 0.717) is 4.47 Å². The first-order chi connectivity index (χ1) is 7.76. The van der Waals surface area contributed by atoms with E-state index in [1.165, 1.54) is 11.3 Å². The third-order valence-corrected chi connectivity index (χ3v) is 3.23. The van der Waals surface area contributed by atoms with Gasteiger partial charge in [-0.25, -0.2) is 4.98 Å². The van der Waals surface area contributed by atoms with Gasteiger partial charge in [-0.05, 0) is 0 Å². The second-order valence-electron chi connectivity index (χ2n) is 3.34.